The molecule has 3 fully saturated rings. The van der Waals surface area contributed by atoms with Gasteiger partial charge in [0.1, 0.15) is 5.76 Å². The Balaban J connectivity index is 1.80. The first-order valence-corrected chi connectivity index (χ1v) is 8.86. The van der Waals surface area contributed by atoms with Crippen LogP contribution in [0.4, 0.5) is 0 Å². The van der Waals surface area contributed by atoms with Crippen molar-refractivity contribution in [3.63, 3.8) is 0 Å². The maximum atomic E-state index is 10.7. The topological polar surface area (TPSA) is 60.7 Å². The first kappa shape index (κ1) is 14.8. The Bertz CT molecular complexity index is 563. The van der Waals surface area contributed by atoms with Crippen LogP contribution in [0.5, 0.6) is 0 Å². The summed E-state index contributed by atoms with van der Waals surface area (Å²) in [7, 11) is 0. The van der Waals surface area contributed by atoms with Gasteiger partial charge in [-0.3, -0.25) is 0 Å². The van der Waals surface area contributed by atoms with Gasteiger partial charge in [0.05, 0.1) is 12.2 Å². The maximum Gasteiger partial charge on any atom is 0.115 e. The summed E-state index contributed by atoms with van der Waals surface area (Å²) in [5.41, 5.74) is 2.48. The molecule has 122 valence electrons. The van der Waals surface area contributed by atoms with E-state index in [0.29, 0.717) is 24.0 Å². The van der Waals surface area contributed by atoms with Gasteiger partial charge in [-0.05, 0) is 73.8 Å². The molecule has 4 aliphatic carbocycles. The number of aliphatic hydroxyl groups excluding tert-OH is 3. The van der Waals surface area contributed by atoms with Crippen molar-refractivity contribution in [2.24, 2.45) is 22.7 Å². The Hall–Kier alpha value is -0.800. The summed E-state index contributed by atoms with van der Waals surface area (Å²) in [4.78, 5) is 0. The molecule has 0 spiro atoms. The van der Waals surface area contributed by atoms with Crippen LogP contribution in [0, 0.1) is 22.7 Å². The summed E-state index contributed by atoms with van der Waals surface area (Å²) >= 11 is 0. The molecule has 0 radical (unpaired) electrons. The largest absolute Gasteiger partial charge is 0.508 e. The van der Waals surface area contributed by atoms with Crippen molar-refractivity contribution < 1.29 is 15.3 Å². The lowest BCUT2D eigenvalue weighted by molar-refractivity contribution is -0.00167. The van der Waals surface area contributed by atoms with E-state index in [1.165, 1.54) is 11.1 Å². The minimum Gasteiger partial charge on any atom is -0.508 e. The molecule has 0 aliphatic heterocycles. The van der Waals surface area contributed by atoms with Gasteiger partial charge in [0.2, 0.25) is 0 Å². The normalized spacial score (nSPS) is 51.0. The molecule has 3 N–H and O–H groups in total. The number of aliphatic hydroxyl groups is 3. The van der Waals surface area contributed by atoms with E-state index in [2.05, 4.69) is 13.8 Å². The molecule has 3 nitrogen and oxygen atoms in total. The van der Waals surface area contributed by atoms with Gasteiger partial charge in [-0.2, -0.15) is 0 Å². The van der Waals surface area contributed by atoms with Crippen molar-refractivity contribution in [3.8, 4) is 0 Å². The summed E-state index contributed by atoms with van der Waals surface area (Å²) in [5.74, 6) is 1.16. The van der Waals surface area contributed by atoms with Gasteiger partial charge in [0.25, 0.3) is 0 Å². The Morgan fingerprint density at radius 1 is 1.00 bits per heavy atom. The molecular weight excluding hydrogens is 276 g/mol. The molecule has 22 heavy (non-hydrogen) atoms. The molecule has 0 aromatic rings. The Morgan fingerprint density at radius 3 is 2.55 bits per heavy atom. The van der Waals surface area contributed by atoms with E-state index in [1.54, 1.807) is 0 Å². The molecule has 0 bridgehead atoms. The van der Waals surface area contributed by atoms with Crippen LogP contribution >= 0.6 is 0 Å². The zero-order chi connectivity index (χ0) is 15.7. The second-order valence-corrected chi connectivity index (χ2v) is 8.57. The number of allylic oxidation sites excluding steroid dienone is 2. The third kappa shape index (κ3) is 1.75. The van der Waals surface area contributed by atoms with Crippen molar-refractivity contribution >= 4 is 0 Å². The van der Waals surface area contributed by atoms with Crippen molar-refractivity contribution in [1.82, 2.24) is 0 Å². The molecule has 6 atom stereocenters. The monoisotopic (exact) mass is 304 g/mol. The molecule has 0 saturated heterocycles. The molecule has 3 heteroatoms. The summed E-state index contributed by atoms with van der Waals surface area (Å²) in [6, 6.07) is 0. The molecule has 4 rings (SSSR count). The van der Waals surface area contributed by atoms with Crippen molar-refractivity contribution in [2.45, 2.75) is 71.0 Å². The number of fused-ring (bicyclic) bond motifs is 5. The molecule has 3 saturated carbocycles. The van der Waals surface area contributed by atoms with Crippen LogP contribution in [0.15, 0.2) is 23.0 Å². The molecule has 0 aromatic carbocycles. The first-order chi connectivity index (χ1) is 10.4. The Labute approximate surface area is 132 Å². The maximum absolute atomic E-state index is 10.7. The molecule has 0 aromatic heterocycles. The third-order valence-electron chi connectivity index (χ3n) is 7.57. The molecular formula is C19H28O3. The van der Waals surface area contributed by atoms with Crippen molar-refractivity contribution in [2.75, 3.05) is 0 Å². The van der Waals surface area contributed by atoms with E-state index < -0.39 is 0 Å². The lowest BCUT2D eigenvalue weighted by Crippen LogP contribution is -2.47. The van der Waals surface area contributed by atoms with Crippen LogP contribution < -0.4 is 0 Å². The highest BCUT2D eigenvalue weighted by Crippen LogP contribution is 2.64. The average molecular weight is 304 g/mol. The number of hydrogen-bond acceptors (Lipinski definition) is 3. The Kier molecular flexibility index (Phi) is 3.09. The highest BCUT2D eigenvalue weighted by molar-refractivity contribution is 5.41. The van der Waals surface area contributed by atoms with Crippen LogP contribution in [0.25, 0.3) is 0 Å². The summed E-state index contributed by atoms with van der Waals surface area (Å²) in [6.45, 7) is 4.54. The van der Waals surface area contributed by atoms with E-state index in [9.17, 15) is 15.3 Å². The fraction of sp³-hybridized carbons (Fsp3) is 0.789. The number of hydrogen-bond donors (Lipinski definition) is 3. The highest BCUT2D eigenvalue weighted by atomic mass is 16.3. The Morgan fingerprint density at radius 2 is 1.77 bits per heavy atom. The zero-order valence-corrected chi connectivity index (χ0v) is 13.7. The first-order valence-electron chi connectivity index (χ1n) is 8.86. The molecule has 0 heterocycles. The minimum atomic E-state index is -0.254. The zero-order valence-electron chi connectivity index (χ0n) is 13.7. The van der Waals surface area contributed by atoms with E-state index in [4.69, 9.17) is 0 Å². The van der Waals surface area contributed by atoms with Crippen molar-refractivity contribution in [1.29, 1.82) is 0 Å². The second kappa shape index (κ2) is 4.61. The predicted molar refractivity (Wildman–Crippen MR) is 85.3 cm³/mol. The number of rotatable bonds is 0. The van der Waals surface area contributed by atoms with Gasteiger partial charge >= 0.3 is 0 Å². The quantitative estimate of drug-likeness (QED) is 0.642. The van der Waals surface area contributed by atoms with Crippen LogP contribution in [0.2, 0.25) is 0 Å². The van der Waals surface area contributed by atoms with Crippen LogP contribution in [0.3, 0.4) is 0 Å². The van der Waals surface area contributed by atoms with E-state index in [-0.39, 0.29) is 23.0 Å². The predicted octanol–water partition coefficient (Wildman–Crippen LogP) is 3.48. The fourth-order valence-electron chi connectivity index (χ4n) is 6.03. The molecule has 2 unspecified atom stereocenters. The summed E-state index contributed by atoms with van der Waals surface area (Å²) in [5, 5.41) is 31.2. The lowest BCUT2D eigenvalue weighted by atomic mass is 9.51. The molecule has 0 amide bonds. The summed E-state index contributed by atoms with van der Waals surface area (Å²) in [6.07, 6.45) is 7.99. The molecule has 4 aliphatic rings. The van der Waals surface area contributed by atoms with Gasteiger partial charge in [0, 0.05) is 5.41 Å². The minimum absolute atomic E-state index is 0.0598. The van der Waals surface area contributed by atoms with E-state index in [0.717, 1.165) is 38.5 Å². The van der Waals surface area contributed by atoms with Gasteiger partial charge in [-0.1, -0.05) is 19.4 Å². The van der Waals surface area contributed by atoms with Gasteiger partial charge in [0.15, 0.2) is 0 Å². The highest BCUT2D eigenvalue weighted by Gasteiger charge is 2.57. The smallest absolute Gasteiger partial charge is 0.115 e. The SMILES string of the molecule is C[C@]12CCC(O)CC1=CC(O)=C1[C@H]2CC[C@]2(C)C(O)CC[C@@H]12. The third-order valence-corrected chi connectivity index (χ3v) is 7.57. The van der Waals surface area contributed by atoms with Crippen LogP contribution in [0.1, 0.15) is 58.8 Å². The second-order valence-electron chi connectivity index (χ2n) is 8.57. The summed E-state index contributed by atoms with van der Waals surface area (Å²) < 4.78 is 0. The van der Waals surface area contributed by atoms with Gasteiger partial charge in [-0.15, -0.1) is 0 Å². The van der Waals surface area contributed by atoms with Crippen LogP contribution in [-0.2, 0) is 0 Å². The standard InChI is InChI=1S/C19H28O3/c1-18-7-5-12(20)9-11(18)10-15(21)17-13-3-4-16(22)19(13,2)8-6-14(17)18/h10,12-14,16,20-22H,3-9H2,1-2H3/t12?,13-,14+,16?,18-,19-/m0/s1. The van der Waals surface area contributed by atoms with Crippen LogP contribution in [-0.4, -0.2) is 27.5 Å². The fourth-order valence-corrected chi connectivity index (χ4v) is 6.03. The lowest BCUT2D eigenvalue weighted by Gasteiger charge is -2.54. The van der Waals surface area contributed by atoms with Gasteiger partial charge in [-0.25, -0.2) is 0 Å². The van der Waals surface area contributed by atoms with E-state index in [1.807, 2.05) is 6.08 Å². The van der Waals surface area contributed by atoms with Gasteiger partial charge < -0.3 is 15.3 Å². The van der Waals surface area contributed by atoms with Crippen molar-refractivity contribution in [3.05, 3.63) is 23.0 Å². The van der Waals surface area contributed by atoms with E-state index >= 15 is 0 Å². The average Bonchev–Trinajstić information content (AvgIpc) is 2.77.